The largest absolute Gasteiger partial charge is 0.240 e. The molecule has 0 heterocycles. The van der Waals surface area contributed by atoms with E-state index in [4.69, 9.17) is 0 Å². The maximum Gasteiger partial charge on any atom is 0.147 e. The summed E-state index contributed by atoms with van der Waals surface area (Å²) in [7, 11) is -1.42. The lowest BCUT2D eigenvalue weighted by Crippen LogP contribution is -2.22. The number of rotatable bonds is 1. The molecule has 0 N–H and O–H groups in total. The molecular formula is C13H15BrFNOS. The zero-order valence-corrected chi connectivity index (χ0v) is 12.9. The van der Waals surface area contributed by atoms with Crippen molar-refractivity contribution < 1.29 is 8.60 Å². The molecule has 0 fully saturated rings. The van der Waals surface area contributed by atoms with Crippen molar-refractivity contribution in [1.29, 1.82) is 0 Å². The lowest BCUT2D eigenvalue weighted by atomic mass is 10.1. The van der Waals surface area contributed by atoms with Crippen LogP contribution >= 0.6 is 15.9 Å². The number of hydrogen-bond acceptors (Lipinski definition) is 1. The highest BCUT2D eigenvalue weighted by Crippen LogP contribution is 2.29. The van der Waals surface area contributed by atoms with E-state index >= 15 is 0 Å². The summed E-state index contributed by atoms with van der Waals surface area (Å²) in [5, 5.41) is 0. The number of nitrogens with zero attached hydrogens (tertiary/aromatic N) is 1. The van der Waals surface area contributed by atoms with Crippen molar-refractivity contribution in [3.63, 3.8) is 0 Å². The van der Waals surface area contributed by atoms with E-state index in [2.05, 4.69) is 20.3 Å². The fourth-order valence-electron chi connectivity index (χ4n) is 1.77. The minimum Gasteiger partial charge on any atom is -0.240 e. The molecular weight excluding hydrogens is 317 g/mol. The topological polar surface area (TPSA) is 29.4 Å². The number of hydrogen-bond donors (Lipinski definition) is 0. The third-order valence-corrected chi connectivity index (χ3v) is 4.65. The molecule has 2 nitrogen and oxygen atoms in total. The molecule has 18 heavy (non-hydrogen) atoms. The van der Waals surface area contributed by atoms with Crippen LogP contribution < -0.4 is 0 Å². The van der Waals surface area contributed by atoms with Gasteiger partial charge < -0.3 is 0 Å². The quantitative estimate of drug-likeness (QED) is 0.773. The van der Waals surface area contributed by atoms with E-state index < -0.39 is 21.9 Å². The normalized spacial score (nSPS) is 23.2. The Bertz CT molecular complexity index is 536. The van der Waals surface area contributed by atoms with Crippen LogP contribution in [0.3, 0.4) is 0 Å². The van der Waals surface area contributed by atoms with E-state index in [1.165, 1.54) is 0 Å². The summed E-state index contributed by atoms with van der Waals surface area (Å²) >= 11 is 3.37. The van der Waals surface area contributed by atoms with E-state index in [0.717, 1.165) is 15.6 Å². The van der Waals surface area contributed by atoms with E-state index in [0.29, 0.717) is 12.1 Å². The lowest BCUT2D eigenvalue weighted by molar-refractivity contribution is 0.432. The molecule has 0 aromatic heterocycles. The van der Waals surface area contributed by atoms with Crippen LogP contribution in [0.2, 0.25) is 0 Å². The summed E-state index contributed by atoms with van der Waals surface area (Å²) in [6.45, 7) is 5.49. The van der Waals surface area contributed by atoms with Crippen LogP contribution in [0.1, 0.15) is 31.9 Å². The van der Waals surface area contributed by atoms with Crippen molar-refractivity contribution in [3.8, 4) is 0 Å². The molecule has 1 aromatic rings. The van der Waals surface area contributed by atoms with E-state index in [1.807, 2.05) is 39.0 Å². The van der Waals surface area contributed by atoms with Gasteiger partial charge in [-0.25, -0.2) is 8.60 Å². The number of halogens is 2. The Morgan fingerprint density at radius 1 is 1.44 bits per heavy atom. The van der Waals surface area contributed by atoms with Gasteiger partial charge in [-0.05, 0) is 38.5 Å². The van der Waals surface area contributed by atoms with Gasteiger partial charge in [0.15, 0.2) is 0 Å². The predicted octanol–water partition coefficient (Wildman–Crippen LogP) is 3.59. The zero-order chi connectivity index (χ0) is 13.5. The molecule has 0 aliphatic heterocycles. The zero-order valence-electron chi connectivity index (χ0n) is 10.5. The smallest absolute Gasteiger partial charge is 0.147 e. The highest BCUT2D eigenvalue weighted by Gasteiger charge is 2.30. The first-order valence-corrected chi connectivity index (χ1v) is 7.62. The highest BCUT2D eigenvalue weighted by atomic mass is 79.9. The van der Waals surface area contributed by atoms with Gasteiger partial charge in [0.25, 0.3) is 0 Å². The van der Waals surface area contributed by atoms with Crippen molar-refractivity contribution in [3.05, 3.63) is 33.8 Å². The summed E-state index contributed by atoms with van der Waals surface area (Å²) < 4.78 is 30.5. The van der Waals surface area contributed by atoms with Crippen LogP contribution in [0.5, 0.6) is 0 Å². The second kappa shape index (κ2) is 4.85. The number of alkyl halides is 1. The third-order valence-electron chi connectivity index (χ3n) is 2.74. The molecule has 0 saturated carbocycles. The van der Waals surface area contributed by atoms with Gasteiger partial charge in [-0.3, -0.25) is 0 Å². The molecule has 0 radical (unpaired) electrons. The summed E-state index contributed by atoms with van der Waals surface area (Å²) in [5.74, 6) is 0. The first-order valence-electron chi connectivity index (χ1n) is 5.72. The van der Waals surface area contributed by atoms with Crippen LogP contribution in [0, 0.1) is 0 Å². The van der Waals surface area contributed by atoms with Crippen LogP contribution in [0.15, 0.2) is 27.1 Å². The second-order valence-electron chi connectivity index (χ2n) is 5.31. The molecule has 1 aliphatic rings. The Hall–Kier alpha value is -0.550. The van der Waals surface area contributed by atoms with Crippen LogP contribution in [-0.4, -0.2) is 20.8 Å². The molecule has 1 aromatic carbocycles. The predicted molar refractivity (Wildman–Crippen MR) is 77.2 cm³/mol. The maximum absolute atomic E-state index is 14.0. The first kappa shape index (κ1) is 13.9. The van der Waals surface area contributed by atoms with Gasteiger partial charge >= 0.3 is 0 Å². The molecule has 0 bridgehead atoms. The van der Waals surface area contributed by atoms with Crippen molar-refractivity contribution in [2.45, 2.75) is 38.1 Å². The molecule has 98 valence electrons. The maximum atomic E-state index is 14.0. The average Bonchev–Trinajstić information content (AvgIpc) is 2.53. The standard InChI is InChI=1S/C13H15BrFNOS/c1-13(2,3)18(17)16-12-10-5-4-9(14)6-8(10)7-11(12)15/h4-6,11H,7H2,1-3H3. The van der Waals surface area contributed by atoms with Gasteiger partial charge in [0.2, 0.25) is 0 Å². The Morgan fingerprint density at radius 3 is 2.72 bits per heavy atom. The van der Waals surface area contributed by atoms with Crippen molar-refractivity contribution in [1.82, 2.24) is 0 Å². The Balaban J connectivity index is 2.42. The fraction of sp³-hybridized carbons (Fsp3) is 0.462. The van der Waals surface area contributed by atoms with E-state index in [9.17, 15) is 8.60 Å². The fourth-order valence-corrected chi connectivity index (χ4v) is 2.85. The Morgan fingerprint density at radius 2 is 2.11 bits per heavy atom. The van der Waals surface area contributed by atoms with Gasteiger partial charge in [-0.2, -0.15) is 4.40 Å². The van der Waals surface area contributed by atoms with Crippen molar-refractivity contribution in [2.24, 2.45) is 4.40 Å². The highest BCUT2D eigenvalue weighted by molar-refractivity contribution is 9.10. The van der Waals surface area contributed by atoms with Gasteiger partial charge in [0, 0.05) is 16.5 Å². The van der Waals surface area contributed by atoms with Gasteiger partial charge in [0.1, 0.15) is 17.2 Å². The first-order chi connectivity index (χ1) is 8.29. The average molecular weight is 332 g/mol. The Labute approximate surface area is 117 Å². The minimum atomic E-state index is -1.42. The van der Waals surface area contributed by atoms with Crippen LogP contribution in [0.25, 0.3) is 0 Å². The van der Waals surface area contributed by atoms with Gasteiger partial charge in [-0.15, -0.1) is 0 Å². The number of fused-ring (bicyclic) bond motifs is 1. The second-order valence-corrected chi connectivity index (χ2v) is 8.13. The van der Waals surface area contributed by atoms with Gasteiger partial charge in [0.05, 0.1) is 10.5 Å². The minimum absolute atomic E-state index is 0.314. The third kappa shape index (κ3) is 2.72. The van der Waals surface area contributed by atoms with Crippen LogP contribution in [-0.2, 0) is 17.4 Å². The van der Waals surface area contributed by atoms with Gasteiger partial charge in [-0.1, -0.05) is 22.0 Å². The molecule has 1 aliphatic carbocycles. The summed E-state index contributed by atoms with van der Waals surface area (Å²) in [5.41, 5.74) is 2.02. The lowest BCUT2D eigenvalue weighted by Gasteiger charge is -2.14. The van der Waals surface area contributed by atoms with Crippen LogP contribution in [0.4, 0.5) is 4.39 Å². The molecule has 2 unspecified atom stereocenters. The van der Waals surface area contributed by atoms with E-state index in [-0.39, 0.29) is 0 Å². The van der Waals surface area contributed by atoms with Crippen molar-refractivity contribution >= 4 is 32.6 Å². The monoisotopic (exact) mass is 331 g/mol. The number of benzene rings is 1. The SMILES string of the molecule is CC(C)(C)S(=O)N=C1c2ccc(Br)cc2CC1F. The molecule has 0 amide bonds. The summed E-state index contributed by atoms with van der Waals surface area (Å²) in [6.07, 6.45) is -0.838. The molecule has 0 spiro atoms. The molecule has 5 heteroatoms. The summed E-state index contributed by atoms with van der Waals surface area (Å²) in [4.78, 5) is 0. The molecule has 2 atom stereocenters. The summed E-state index contributed by atoms with van der Waals surface area (Å²) in [6, 6.07) is 5.58. The molecule has 0 saturated heterocycles. The van der Waals surface area contributed by atoms with Crippen molar-refractivity contribution in [2.75, 3.05) is 0 Å². The molecule has 2 rings (SSSR count). The van der Waals surface area contributed by atoms with E-state index in [1.54, 1.807) is 0 Å². The Kier molecular flexibility index (Phi) is 3.74.